The number of likely N-dealkylation sites (tertiary alicyclic amines) is 1. The van der Waals surface area contributed by atoms with Crippen LogP contribution in [0.1, 0.15) is 32.6 Å². The highest BCUT2D eigenvalue weighted by atomic mass is 127. The average Bonchev–Trinajstić information content (AvgIpc) is 3.19. The van der Waals surface area contributed by atoms with Gasteiger partial charge in [-0.05, 0) is 56.8 Å². The van der Waals surface area contributed by atoms with E-state index in [1.54, 1.807) is 28.6 Å². The average molecular weight is 535 g/mol. The maximum absolute atomic E-state index is 12.7. The molecule has 0 bridgehead atoms. The molecule has 1 aromatic carbocycles. The number of aliphatic imine (C=N–C) groups is 1. The molecule has 3 N–H and O–H groups in total. The van der Waals surface area contributed by atoms with E-state index in [9.17, 15) is 8.42 Å². The molecule has 2 heterocycles. The molecule has 2 saturated heterocycles. The molecule has 164 valence electrons. The van der Waals surface area contributed by atoms with Gasteiger partial charge in [0.15, 0.2) is 5.96 Å². The van der Waals surface area contributed by atoms with Gasteiger partial charge >= 0.3 is 0 Å². The molecule has 0 radical (unpaired) electrons. The molecule has 0 aliphatic carbocycles. The van der Waals surface area contributed by atoms with Gasteiger partial charge in [-0.1, -0.05) is 25.1 Å². The topological polar surface area (TPSA) is 91.0 Å². The summed E-state index contributed by atoms with van der Waals surface area (Å²) in [7, 11) is -3.39. The highest BCUT2D eigenvalue weighted by Gasteiger charge is 2.29. The molecular formula is C20H34IN5O2S. The minimum absolute atomic E-state index is 0. The van der Waals surface area contributed by atoms with Crippen LogP contribution in [-0.4, -0.2) is 68.9 Å². The molecular weight excluding hydrogens is 501 g/mol. The van der Waals surface area contributed by atoms with Crippen LogP contribution in [0, 0.1) is 5.92 Å². The van der Waals surface area contributed by atoms with Crippen molar-refractivity contribution in [1.29, 1.82) is 0 Å². The number of nitrogens with one attached hydrogen (secondary N) is 1. The van der Waals surface area contributed by atoms with Gasteiger partial charge in [0.1, 0.15) is 0 Å². The molecule has 1 aromatic rings. The van der Waals surface area contributed by atoms with Crippen molar-refractivity contribution < 1.29 is 8.42 Å². The molecule has 1 atom stereocenters. The van der Waals surface area contributed by atoms with Crippen LogP contribution in [0.4, 0.5) is 0 Å². The van der Waals surface area contributed by atoms with Crippen molar-refractivity contribution in [3.05, 3.63) is 30.3 Å². The molecule has 7 nitrogen and oxygen atoms in total. The number of guanidine groups is 1. The van der Waals surface area contributed by atoms with Crippen LogP contribution < -0.4 is 11.1 Å². The van der Waals surface area contributed by atoms with E-state index in [4.69, 9.17) is 5.73 Å². The SMILES string of the molecule is CCN1CCCC1CNC(N)=NCC1CCN(S(=O)(=O)c2ccccc2)CC1.I. The number of hydrogen-bond donors (Lipinski definition) is 2. The number of sulfonamides is 1. The first kappa shape index (κ1) is 24.4. The molecule has 2 aliphatic rings. The summed E-state index contributed by atoms with van der Waals surface area (Å²) >= 11 is 0. The Kier molecular flexibility index (Phi) is 9.64. The molecule has 9 heteroatoms. The monoisotopic (exact) mass is 535 g/mol. The van der Waals surface area contributed by atoms with Crippen LogP contribution in [0.5, 0.6) is 0 Å². The highest BCUT2D eigenvalue weighted by molar-refractivity contribution is 14.0. The van der Waals surface area contributed by atoms with Crippen molar-refractivity contribution in [2.45, 2.75) is 43.5 Å². The first-order chi connectivity index (χ1) is 13.5. The van der Waals surface area contributed by atoms with Gasteiger partial charge in [0, 0.05) is 32.2 Å². The Morgan fingerprint density at radius 3 is 2.52 bits per heavy atom. The van der Waals surface area contributed by atoms with Crippen LogP contribution in [0.15, 0.2) is 40.2 Å². The minimum atomic E-state index is -3.39. The normalized spacial score (nSPS) is 22.4. The molecule has 0 saturated carbocycles. The van der Waals surface area contributed by atoms with Gasteiger partial charge in [0.2, 0.25) is 10.0 Å². The van der Waals surface area contributed by atoms with Gasteiger partial charge in [-0.15, -0.1) is 24.0 Å². The van der Waals surface area contributed by atoms with Gasteiger partial charge in [-0.25, -0.2) is 8.42 Å². The number of halogens is 1. The fourth-order valence-electron chi connectivity index (χ4n) is 4.12. The summed E-state index contributed by atoms with van der Waals surface area (Å²) in [5, 5.41) is 3.26. The maximum atomic E-state index is 12.7. The third kappa shape index (κ3) is 6.53. The first-order valence-electron chi connectivity index (χ1n) is 10.3. The third-order valence-electron chi connectivity index (χ3n) is 5.90. The lowest BCUT2D eigenvalue weighted by Crippen LogP contribution is -2.43. The fourth-order valence-corrected chi connectivity index (χ4v) is 5.61. The van der Waals surface area contributed by atoms with Gasteiger partial charge in [-0.2, -0.15) is 4.31 Å². The number of rotatable bonds is 7. The number of nitrogens with zero attached hydrogens (tertiary/aromatic N) is 3. The molecule has 0 amide bonds. The van der Waals surface area contributed by atoms with E-state index in [0.717, 1.165) is 25.9 Å². The second-order valence-corrected chi connectivity index (χ2v) is 9.63. The smallest absolute Gasteiger partial charge is 0.243 e. The number of piperidine rings is 1. The zero-order chi connectivity index (χ0) is 20.0. The number of likely N-dealkylation sites (N-methyl/N-ethyl adjacent to an activating group) is 1. The number of hydrogen-bond acceptors (Lipinski definition) is 4. The summed E-state index contributed by atoms with van der Waals surface area (Å²) in [5.41, 5.74) is 6.04. The maximum Gasteiger partial charge on any atom is 0.243 e. The van der Waals surface area contributed by atoms with Gasteiger partial charge < -0.3 is 11.1 Å². The second-order valence-electron chi connectivity index (χ2n) is 7.69. The van der Waals surface area contributed by atoms with Crippen molar-refractivity contribution in [1.82, 2.24) is 14.5 Å². The van der Waals surface area contributed by atoms with Crippen molar-refractivity contribution in [2.75, 3.05) is 39.3 Å². The zero-order valence-electron chi connectivity index (χ0n) is 17.2. The second kappa shape index (κ2) is 11.5. The van der Waals surface area contributed by atoms with Crippen LogP contribution in [0.25, 0.3) is 0 Å². The van der Waals surface area contributed by atoms with Crippen LogP contribution in [-0.2, 0) is 10.0 Å². The summed E-state index contributed by atoms with van der Waals surface area (Å²) in [6.07, 6.45) is 4.09. The molecule has 2 fully saturated rings. The predicted molar refractivity (Wildman–Crippen MR) is 128 cm³/mol. The van der Waals surface area contributed by atoms with E-state index < -0.39 is 10.0 Å². The summed E-state index contributed by atoms with van der Waals surface area (Å²) < 4.78 is 27.0. The van der Waals surface area contributed by atoms with E-state index in [1.165, 1.54) is 19.4 Å². The quantitative estimate of drug-likeness (QED) is 0.317. The number of benzene rings is 1. The number of nitrogens with two attached hydrogens (primary N) is 1. The van der Waals surface area contributed by atoms with E-state index in [1.807, 2.05) is 6.07 Å². The van der Waals surface area contributed by atoms with Crippen LogP contribution >= 0.6 is 24.0 Å². The molecule has 2 aliphatic heterocycles. The summed E-state index contributed by atoms with van der Waals surface area (Å²) in [5.74, 6) is 0.878. The van der Waals surface area contributed by atoms with E-state index in [-0.39, 0.29) is 24.0 Å². The Hall–Kier alpha value is -0.910. The van der Waals surface area contributed by atoms with E-state index >= 15 is 0 Å². The van der Waals surface area contributed by atoms with Crippen LogP contribution in [0.2, 0.25) is 0 Å². The highest BCUT2D eigenvalue weighted by Crippen LogP contribution is 2.23. The van der Waals surface area contributed by atoms with Crippen molar-refractivity contribution >= 4 is 40.0 Å². The summed E-state index contributed by atoms with van der Waals surface area (Å²) in [6.45, 7) is 7.02. The van der Waals surface area contributed by atoms with E-state index in [2.05, 4.69) is 22.1 Å². The Morgan fingerprint density at radius 2 is 1.86 bits per heavy atom. The zero-order valence-corrected chi connectivity index (χ0v) is 20.3. The van der Waals surface area contributed by atoms with Gasteiger partial charge in [0.25, 0.3) is 0 Å². The Balaban J connectivity index is 0.00000300. The molecule has 1 unspecified atom stereocenters. The third-order valence-corrected chi connectivity index (χ3v) is 7.81. The Labute approximate surface area is 192 Å². The molecule has 29 heavy (non-hydrogen) atoms. The lowest BCUT2D eigenvalue weighted by Gasteiger charge is -2.30. The van der Waals surface area contributed by atoms with E-state index in [0.29, 0.717) is 42.4 Å². The molecule has 3 rings (SSSR count). The Bertz CT molecular complexity index is 751. The lowest BCUT2D eigenvalue weighted by molar-refractivity contribution is 0.267. The van der Waals surface area contributed by atoms with Crippen molar-refractivity contribution in [3.8, 4) is 0 Å². The van der Waals surface area contributed by atoms with Crippen LogP contribution in [0.3, 0.4) is 0 Å². The summed E-state index contributed by atoms with van der Waals surface area (Å²) in [4.78, 5) is 7.35. The first-order valence-corrected chi connectivity index (χ1v) is 11.8. The standard InChI is InChI=1S/C20H33N5O2S.HI/c1-2-24-12-6-7-18(24)16-23-20(21)22-15-17-10-13-25(14-11-17)28(26,27)19-8-4-3-5-9-19;/h3-5,8-9,17-18H,2,6-7,10-16H2,1H3,(H3,21,22,23);1H. The van der Waals surface area contributed by atoms with Gasteiger partial charge in [-0.3, -0.25) is 9.89 Å². The summed E-state index contributed by atoms with van der Waals surface area (Å²) in [6, 6.07) is 9.20. The Morgan fingerprint density at radius 1 is 1.17 bits per heavy atom. The fraction of sp³-hybridized carbons (Fsp3) is 0.650. The van der Waals surface area contributed by atoms with Gasteiger partial charge in [0.05, 0.1) is 4.90 Å². The van der Waals surface area contributed by atoms with Crippen molar-refractivity contribution in [2.24, 2.45) is 16.6 Å². The minimum Gasteiger partial charge on any atom is -0.370 e. The molecule has 0 aromatic heterocycles. The van der Waals surface area contributed by atoms with Crippen molar-refractivity contribution in [3.63, 3.8) is 0 Å². The largest absolute Gasteiger partial charge is 0.370 e. The predicted octanol–water partition coefficient (Wildman–Crippen LogP) is 2.09. The molecule has 0 spiro atoms. The lowest BCUT2D eigenvalue weighted by atomic mass is 9.98.